The predicted molar refractivity (Wildman–Crippen MR) is 89.1 cm³/mol. The van der Waals surface area contributed by atoms with E-state index in [-0.39, 0.29) is 11.6 Å². The van der Waals surface area contributed by atoms with Gasteiger partial charge in [-0.3, -0.25) is 0 Å². The van der Waals surface area contributed by atoms with E-state index in [1.54, 1.807) is 0 Å². The molecule has 0 bridgehead atoms. The fourth-order valence-corrected chi connectivity index (χ4v) is 2.61. The first-order chi connectivity index (χ1) is 10.1. The van der Waals surface area contributed by atoms with Crippen molar-refractivity contribution in [3.63, 3.8) is 0 Å². The summed E-state index contributed by atoms with van der Waals surface area (Å²) in [5.74, 6) is 0. The molecule has 0 aliphatic carbocycles. The number of hydrogen-bond acceptors (Lipinski definition) is 2. The average Bonchev–Trinajstić information content (AvgIpc) is 2.55. The van der Waals surface area contributed by atoms with Crippen molar-refractivity contribution in [1.29, 1.82) is 0 Å². The van der Waals surface area contributed by atoms with Crippen LogP contribution in [0.5, 0.6) is 0 Å². The molecule has 0 aliphatic rings. The van der Waals surface area contributed by atoms with Crippen molar-refractivity contribution in [2.24, 2.45) is 5.73 Å². The van der Waals surface area contributed by atoms with Gasteiger partial charge in [0, 0.05) is 6.61 Å². The van der Waals surface area contributed by atoms with E-state index in [0.717, 1.165) is 12.0 Å². The molecule has 0 aliphatic heterocycles. The summed E-state index contributed by atoms with van der Waals surface area (Å²) in [6.07, 6.45) is 0.891. The number of rotatable bonds is 6. The Hall–Kier alpha value is -1.64. The van der Waals surface area contributed by atoms with Gasteiger partial charge in [-0.15, -0.1) is 0 Å². The van der Waals surface area contributed by atoms with Gasteiger partial charge in [-0.25, -0.2) is 0 Å². The second-order valence-electron chi connectivity index (χ2n) is 5.56. The Labute approximate surface area is 127 Å². The van der Waals surface area contributed by atoms with Gasteiger partial charge in [-0.1, -0.05) is 61.5 Å². The van der Waals surface area contributed by atoms with E-state index < -0.39 is 0 Å². The van der Waals surface area contributed by atoms with Gasteiger partial charge in [0.2, 0.25) is 0 Å². The summed E-state index contributed by atoms with van der Waals surface area (Å²) < 4.78 is 5.88. The largest absolute Gasteiger partial charge is 0.374 e. The lowest BCUT2D eigenvalue weighted by molar-refractivity contribution is -0.0472. The molecule has 0 aromatic heterocycles. The van der Waals surface area contributed by atoms with Gasteiger partial charge in [0.1, 0.15) is 0 Å². The van der Waals surface area contributed by atoms with Crippen LogP contribution >= 0.6 is 0 Å². The molecule has 0 amide bonds. The van der Waals surface area contributed by atoms with Crippen molar-refractivity contribution in [3.8, 4) is 11.1 Å². The minimum atomic E-state index is -0.316. The fourth-order valence-electron chi connectivity index (χ4n) is 2.61. The highest BCUT2D eigenvalue weighted by Crippen LogP contribution is 2.31. The molecule has 2 N–H and O–H groups in total. The van der Waals surface area contributed by atoms with Crippen LogP contribution in [-0.4, -0.2) is 12.2 Å². The molecule has 2 rings (SSSR count). The topological polar surface area (TPSA) is 35.2 Å². The van der Waals surface area contributed by atoms with Crippen molar-refractivity contribution < 1.29 is 4.74 Å². The van der Waals surface area contributed by atoms with Gasteiger partial charge in [-0.05, 0) is 37.0 Å². The Morgan fingerprint density at radius 1 is 0.952 bits per heavy atom. The SMILES string of the molecule is CCOC(C)(CC)C(N)c1ccc(-c2ccccc2)cc1. The first-order valence-electron chi connectivity index (χ1n) is 7.65. The maximum atomic E-state index is 6.43. The summed E-state index contributed by atoms with van der Waals surface area (Å²) >= 11 is 0. The van der Waals surface area contributed by atoms with Gasteiger partial charge in [0.05, 0.1) is 11.6 Å². The molecule has 2 heteroatoms. The molecule has 0 radical (unpaired) electrons. The zero-order chi connectivity index (χ0) is 15.3. The molecular weight excluding hydrogens is 258 g/mol. The smallest absolute Gasteiger partial charge is 0.0843 e. The van der Waals surface area contributed by atoms with E-state index in [4.69, 9.17) is 10.5 Å². The van der Waals surface area contributed by atoms with E-state index in [1.807, 2.05) is 13.0 Å². The van der Waals surface area contributed by atoms with Crippen LogP contribution in [0.1, 0.15) is 38.8 Å². The molecule has 112 valence electrons. The highest BCUT2D eigenvalue weighted by Gasteiger charge is 2.31. The molecule has 0 spiro atoms. The van der Waals surface area contributed by atoms with Crippen LogP contribution in [0.2, 0.25) is 0 Å². The van der Waals surface area contributed by atoms with Crippen LogP contribution in [-0.2, 0) is 4.74 Å². The summed E-state index contributed by atoms with van der Waals surface area (Å²) in [7, 11) is 0. The van der Waals surface area contributed by atoms with Crippen molar-refractivity contribution in [1.82, 2.24) is 0 Å². The number of ether oxygens (including phenoxy) is 1. The molecule has 2 unspecified atom stereocenters. The Morgan fingerprint density at radius 3 is 2.05 bits per heavy atom. The molecule has 0 saturated heterocycles. The molecule has 2 aromatic carbocycles. The molecular formula is C19H25NO. The summed E-state index contributed by atoms with van der Waals surface area (Å²) in [6.45, 7) is 6.90. The van der Waals surface area contributed by atoms with Crippen LogP contribution < -0.4 is 5.73 Å². The molecule has 0 fully saturated rings. The van der Waals surface area contributed by atoms with Gasteiger partial charge in [0.25, 0.3) is 0 Å². The highest BCUT2D eigenvalue weighted by atomic mass is 16.5. The minimum absolute atomic E-state index is 0.118. The average molecular weight is 283 g/mol. The Morgan fingerprint density at radius 2 is 1.52 bits per heavy atom. The number of hydrogen-bond donors (Lipinski definition) is 1. The van der Waals surface area contributed by atoms with Crippen molar-refractivity contribution in [3.05, 3.63) is 60.2 Å². The zero-order valence-electron chi connectivity index (χ0n) is 13.2. The lowest BCUT2D eigenvalue weighted by Gasteiger charge is -2.34. The second-order valence-corrected chi connectivity index (χ2v) is 5.56. The van der Waals surface area contributed by atoms with E-state index in [1.165, 1.54) is 11.1 Å². The van der Waals surface area contributed by atoms with E-state index >= 15 is 0 Å². The van der Waals surface area contributed by atoms with E-state index in [0.29, 0.717) is 6.61 Å². The van der Waals surface area contributed by atoms with Gasteiger partial charge >= 0.3 is 0 Å². The molecule has 0 saturated carbocycles. The van der Waals surface area contributed by atoms with Crippen LogP contribution in [0.15, 0.2) is 54.6 Å². The Kier molecular flexibility index (Phi) is 5.16. The third-order valence-electron chi connectivity index (χ3n) is 4.21. The maximum Gasteiger partial charge on any atom is 0.0843 e. The van der Waals surface area contributed by atoms with Crippen molar-refractivity contribution in [2.45, 2.75) is 38.8 Å². The fraction of sp³-hybridized carbons (Fsp3) is 0.368. The normalized spacial score (nSPS) is 15.4. The number of nitrogens with two attached hydrogens (primary N) is 1. The van der Waals surface area contributed by atoms with Crippen molar-refractivity contribution in [2.75, 3.05) is 6.61 Å². The Balaban J connectivity index is 2.22. The van der Waals surface area contributed by atoms with Gasteiger partial charge < -0.3 is 10.5 Å². The quantitative estimate of drug-likeness (QED) is 0.843. The summed E-state index contributed by atoms with van der Waals surface area (Å²) in [6, 6.07) is 18.7. The summed E-state index contributed by atoms with van der Waals surface area (Å²) in [5.41, 5.74) is 9.67. The second kappa shape index (κ2) is 6.88. The molecule has 21 heavy (non-hydrogen) atoms. The summed E-state index contributed by atoms with van der Waals surface area (Å²) in [4.78, 5) is 0. The third kappa shape index (κ3) is 3.52. The highest BCUT2D eigenvalue weighted by molar-refractivity contribution is 5.63. The van der Waals surface area contributed by atoms with E-state index in [9.17, 15) is 0 Å². The lowest BCUT2D eigenvalue weighted by Crippen LogP contribution is -2.40. The number of benzene rings is 2. The van der Waals surface area contributed by atoms with Crippen LogP contribution in [0.25, 0.3) is 11.1 Å². The van der Waals surface area contributed by atoms with Gasteiger partial charge in [-0.2, -0.15) is 0 Å². The first-order valence-corrected chi connectivity index (χ1v) is 7.65. The third-order valence-corrected chi connectivity index (χ3v) is 4.21. The van der Waals surface area contributed by atoms with E-state index in [2.05, 4.69) is 62.4 Å². The minimum Gasteiger partial charge on any atom is -0.374 e. The molecule has 2 aromatic rings. The predicted octanol–water partition coefficient (Wildman–Crippen LogP) is 4.56. The monoisotopic (exact) mass is 283 g/mol. The molecule has 0 heterocycles. The standard InChI is InChI=1S/C19H25NO/c1-4-19(3,21-5-2)18(20)17-13-11-16(12-14-17)15-9-7-6-8-10-15/h6-14,18H,4-5,20H2,1-3H3. The van der Waals surface area contributed by atoms with Crippen molar-refractivity contribution >= 4 is 0 Å². The van der Waals surface area contributed by atoms with Crippen LogP contribution in [0.4, 0.5) is 0 Å². The maximum absolute atomic E-state index is 6.43. The summed E-state index contributed by atoms with van der Waals surface area (Å²) in [5, 5.41) is 0. The lowest BCUT2D eigenvalue weighted by atomic mass is 9.87. The zero-order valence-corrected chi connectivity index (χ0v) is 13.2. The first kappa shape index (κ1) is 15.7. The Bertz CT molecular complexity index is 550. The van der Waals surface area contributed by atoms with Crippen LogP contribution in [0, 0.1) is 0 Å². The van der Waals surface area contributed by atoms with Gasteiger partial charge in [0.15, 0.2) is 0 Å². The van der Waals surface area contributed by atoms with Crippen LogP contribution in [0.3, 0.4) is 0 Å². The molecule has 2 nitrogen and oxygen atoms in total. The molecule has 2 atom stereocenters.